The summed E-state index contributed by atoms with van der Waals surface area (Å²) in [6, 6.07) is 2.22. The second-order valence-electron chi connectivity index (χ2n) is 11.1. The molecule has 1 heterocycles. The van der Waals surface area contributed by atoms with Crippen molar-refractivity contribution in [2.75, 3.05) is 13.2 Å². The van der Waals surface area contributed by atoms with E-state index in [4.69, 9.17) is 14.0 Å². The first-order valence-electron chi connectivity index (χ1n) is 11.0. The molecule has 1 aliphatic carbocycles. The van der Waals surface area contributed by atoms with Gasteiger partial charge in [0, 0.05) is 19.9 Å². The second-order valence-corrected chi connectivity index (χ2v) is 15.8. The van der Waals surface area contributed by atoms with Crippen molar-refractivity contribution < 1.29 is 14.0 Å². The monoisotopic (exact) mass is 480 g/mol. The van der Waals surface area contributed by atoms with Crippen molar-refractivity contribution in [1.82, 2.24) is 0 Å². The summed E-state index contributed by atoms with van der Waals surface area (Å²) in [5.41, 5.74) is 4.72. The van der Waals surface area contributed by atoms with Crippen LogP contribution in [0.25, 0.3) is 0 Å². The molecule has 0 bridgehead atoms. The van der Waals surface area contributed by atoms with Crippen molar-refractivity contribution in [3.8, 4) is 0 Å². The number of ether oxygens (including phenoxy) is 1. The van der Waals surface area contributed by atoms with Crippen LogP contribution in [0.4, 0.5) is 0 Å². The van der Waals surface area contributed by atoms with Gasteiger partial charge in [-0.2, -0.15) is 0 Å². The zero-order chi connectivity index (χ0) is 21.8. The van der Waals surface area contributed by atoms with E-state index in [1.54, 1.807) is 0 Å². The maximum Gasteiger partial charge on any atom is 0.495 e. The molecular formula is C23H38BBrO3Si. The van der Waals surface area contributed by atoms with Crippen molar-refractivity contribution in [1.29, 1.82) is 0 Å². The van der Waals surface area contributed by atoms with Crippen LogP contribution in [0.5, 0.6) is 0 Å². The lowest BCUT2D eigenvalue weighted by molar-refractivity contribution is 0.00578. The van der Waals surface area contributed by atoms with E-state index < -0.39 is 8.80 Å². The van der Waals surface area contributed by atoms with Crippen LogP contribution < -0.4 is 5.46 Å². The van der Waals surface area contributed by atoms with Gasteiger partial charge in [0.05, 0.1) is 17.8 Å². The largest absolute Gasteiger partial charge is 0.495 e. The Labute approximate surface area is 188 Å². The summed E-state index contributed by atoms with van der Waals surface area (Å²) >= 11 is 3.84. The molecule has 0 spiro atoms. The van der Waals surface area contributed by atoms with Crippen molar-refractivity contribution in [3.63, 3.8) is 0 Å². The van der Waals surface area contributed by atoms with Crippen LogP contribution in [0.3, 0.4) is 0 Å². The Morgan fingerprint density at radius 2 is 1.69 bits per heavy atom. The fourth-order valence-corrected chi connectivity index (χ4v) is 5.11. The van der Waals surface area contributed by atoms with E-state index in [9.17, 15) is 0 Å². The van der Waals surface area contributed by atoms with Gasteiger partial charge in [0.1, 0.15) is 0 Å². The third kappa shape index (κ3) is 4.57. The minimum atomic E-state index is -0.723. The molecule has 2 aliphatic rings. The van der Waals surface area contributed by atoms with E-state index in [0.29, 0.717) is 11.0 Å². The Kier molecular flexibility index (Phi) is 6.56. The van der Waals surface area contributed by atoms with Crippen LogP contribution in [-0.4, -0.2) is 40.3 Å². The lowest BCUT2D eigenvalue weighted by Crippen LogP contribution is -2.41. The molecule has 0 saturated carbocycles. The Hall–Kier alpha value is -0.138. The second kappa shape index (κ2) is 8.09. The Morgan fingerprint density at radius 1 is 1.14 bits per heavy atom. The van der Waals surface area contributed by atoms with E-state index in [2.05, 4.69) is 83.6 Å². The maximum atomic E-state index is 6.33. The molecule has 0 aromatic heterocycles. The van der Waals surface area contributed by atoms with Crippen molar-refractivity contribution in [3.05, 3.63) is 27.2 Å². The maximum absolute atomic E-state index is 6.33. The highest BCUT2D eigenvalue weighted by Gasteiger charge is 2.52. The van der Waals surface area contributed by atoms with Crippen LogP contribution in [0, 0.1) is 12.8 Å². The highest BCUT2D eigenvalue weighted by atomic mass is 79.9. The fraction of sp³-hybridized carbons (Fsp3) is 0.739. The van der Waals surface area contributed by atoms with Gasteiger partial charge in [-0.25, -0.2) is 0 Å². The first-order valence-corrected chi connectivity index (χ1v) is 14.7. The first-order chi connectivity index (χ1) is 13.2. The number of benzene rings is 1. The molecule has 1 aliphatic heterocycles. The molecule has 0 radical (unpaired) electrons. The summed E-state index contributed by atoms with van der Waals surface area (Å²) in [6.45, 7) is 21.9. The molecule has 1 atom stereocenters. The van der Waals surface area contributed by atoms with Crippen LogP contribution >= 0.6 is 15.9 Å². The van der Waals surface area contributed by atoms with E-state index in [1.807, 2.05) is 0 Å². The molecule has 1 saturated heterocycles. The lowest BCUT2D eigenvalue weighted by Gasteiger charge is -2.32. The number of hydrogen-bond donors (Lipinski definition) is 0. The molecule has 1 aromatic carbocycles. The van der Waals surface area contributed by atoms with E-state index >= 15 is 0 Å². The Bertz CT molecular complexity index is 760. The molecule has 162 valence electrons. The standard InChI is InChI=1S/C23H38BBrO3Si/c1-15-17-10-16(13-26-14-21(2,3)29(8)9)11-18(17)20(25)12-19(15)24-27-22(4,5)23(6,7)28-24/h12,16,29H,10-11,13-14H2,1-9H3. The molecule has 1 aromatic rings. The highest BCUT2D eigenvalue weighted by molar-refractivity contribution is 9.10. The summed E-state index contributed by atoms with van der Waals surface area (Å²) in [7, 11) is -1.03. The molecule has 0 amide bonds. The minimum Gasteiger partial charge on any atom is -0.399 e. The molecule has 29 heavy (non-hydrogen) atoms. The van der Waals surface area contributed by atoms with E-state index in [0.717, 1.165) is 31.5 Å². The van der Waals surface area contributed by atoms with Gasteiger partial charge in [0.2, 0.25) is 0 Å². The minimum absolute atomic E-state index is 0.311. The Morgan fingerprint density at radius 3 is 2.24 bits per heavy atom. The van der Waals surface area contributed by atoms with Gasteiger partial charge in [0.15, 0.2) is 0 Å². The smallest absolute Gasteiger partial charge is 0.399 e. The van der Waals surface area contributed by atoms with Gasteiger partial charge in [-0.3, -0.25) is 0 Å². The zero-order valence-electron chi connectivity index (χ0n) is 19.7. The van der Waals surface area contributed by atoms with Crippen LogP contribution in [-0.2, 0) is 26.9 Å². The predicted molar refractivity (Wildman–Crippen MR) is 129 cm³/mol. The Balaban J connectivity index is 1.73. The SMILES string of the molecule is Cc1c(B2OC(C)(C)C(C)(C)O2)cc(Br)c2c1CC(COCC(C)(C)[SiH](C)C)C2. The first kappa shape index (κ1) is 23.5. The average molecular weight is 481 g/mol. The average Bonchev–Trinajstić information content (AvgIpc) is 3.10. The van der Waals surface area contributed by atoms with Crippen molar-refractivity contribution in [2.24, 2.45) is 5.92 Å². The summed E-state index contributed by atoms with van der Waals surface area (Å²) in [6.07, 6.45) is 2.16. The zero-order valence-corrected chi connectivity index (χ0v) is 22.5. The van der Waals surface area contributed by atoms with Gasteiger partial charge in [-0.15, -0.1) is 0 Å². The number of halogens is 1. The van der Waals surface area contributed by atoms with Gasteiger partial charge in [-0.1, -0.05) is 42.9 Å². The topological polar surface area (TPSA) is 27.7 Å². The fourth-order valence-electron chi connectivity index (χ4n) is 4.01. The van der Waals surface area contributed by atoms with Gasteiger partial charge < -0.3 is 14.0 Å². The normalized spacial score (nSPS) is 23.1. The molecule has 3 nitrogen and oxygen atoms in total. The molecule has 6 heteroatoms. The number of hydrogen-bond acceptors (Lipinski definition) is 3. The lowest BCUT2D eigenvalue weighted by atomic mass is 9.74. The summed E-state index contributed by atoms with van der Waals surface area (Å²) in [5.74, 6) is 0.554. The molecule has 0 N–H and O–H groups in total. The third-order valence-corrected chi connectivity index (χ3v) is 11.7. The summed E-state index contributed by atoms with van der Waals surface area (Å²) in [4.78, 5) is 0. The molecule has 1 unspecified atom stereocenters. The van der Waals surface area contributed by atoms with Crippen LogP contribution in [0.2, 0.25) is 18.1 Å². The summed E-state index contributed by atoms with van der Waals surface area (Å²) in [5, 5.41) is 0.353. The van der Waals surface area contributed by atoms with Crippen molar-refractivity contribution >= 4 is 37.3 Å². The molecule has 3 rings (SSSR count). The molecule has 1 fully saturated rings. The number of rotatable bonds is 6. The van der Waals surface area contributed by atoms with Gasteiger partial charge >= 0.3 is 7.12 Å². The van der Waals surface area contributed by atoms with Gasteiger partial charge in [0.25, 0.3) is 0 Å². The molecular weight excluding hydrogens is 443 g/mol. The highest BCUT2D eigenvalue weighted by Crippen LogP contribution is 2.39. The summed E-state index contributed by atoms with van der Waals surface area (Å²) < 4.78 is 20.1. The van der Waals surface area contributed by atoms with E-state index in [1.165, 1.54) is 21.2 Å². The van der Waals surface area contributed by atoms with E-state index in [-0.39, 0.29) is 18.3 Å². The van der Waals surface area contributed by atoms with Crippen LogP contribution in [0.15, 0.2) is 10.5 Å². The predicted octanol–water partition coefficient (Wildman–Crippen LogP) is 5.06. The third-order valence-electron chi connectivity index (χ3n) is 7.70. The van der Waals surface area contributed by atoms with Crippen molar-refractivity contribution in [2.45, 2.75) is 90.6 Å². The quantitative estimate of drug-likeness (QED) is 0.532. The number of fused-ring (bicyclic) bond motifs is 1. The van der Waals surface area contributed by atoms with Gasteiger partial charge in [-0.05, 0) is 86.6 Å². The van der Waals surface area contributed by atoms with Crippen LogP contribution in [0.1, 0.15) is 58.2 Å².